The molecule has 32 heavy (non-hydrogen) atoms. The largest absolute Gasteiger partial charge is 0.490 e. The number of rotatable bonds is 6. The summed E-state index contributed by atoms with van der Waals surface area (Å²) in [6.45, 7) is 5.42. The van der Waals surface area contributed by atoms with Gasteiger partial charge in [0.25, 0.3) is 5.56 Å². The minimum absolute atomic E-state index is 0.286. The molecule has 3 aromatic rings. The van der Waals surface area contributed by atoms with Crippen molar-refractivity contribution >= 4 is 17.1 Å². The normalized spacial score (nSPS) is 13.3. The predicted molar refractivity (Wildman–Crippen MR) is 118 cm³/mol. The maximum Gasteiger partial charge on any atom is 0.332 e. The van der Waals surface area contributed by atoms with Crippen molar-refractivity contribution in [1.29, 1.82) is 0 Å². The van der Waals surface area contributed by atoms with Crippen LogP contribution in [0.3, 0.4) is 0 Å². The maximum atomic E-state index is 13.1. The Bertz CT molecular complexity index is 1300. The number of fused-ring (bicyclic) bond motifs is 2. The summed E-state index contributed by atoms with van der Waals surface area (Å²) in [4.78, 5) is 44.5. The number of hydrogen-bond donors (Lipinski definition) is 0. The summed E-state index contributed by atoms with van der Waals surface area (Å²) in [5.74, 6) is 1.06. The van der Waals surface area contributed by atoms with Gasteiger partial charge >= 0.3 is 5.69 Å². The van der Waals surface area contributed by atoms with E-state index in [4.69, 9.17) is 9.47 Å². The minimum atomic E-state index is -0.563. The van der Waals surface area contributed by atoms with Crippen molar-refractivity contribution in [3.05, 3.63) is 50.4 Å². The number of hydrogen-bond acceptors (Lipinski definition) is 6. The van der Waals surface area contributed by atoms with E-state index in [0.29, 0.717) is 49.9 Å². The Morgan fingerprint density at radius 3 is 2.38 bits per heavy atom. The Kier molecular flexibility index (Phi) is 5.77. The van der Waals surface area contributed by atoms with Gasteiger partial charge in [0.05, 0.1) is 19.5 Å². The number of aryl methyl sites for hydroxylation is 2. The lowest BCUT2D eigenvalue weighted by Gasteiger charge is -2.30. The molecule has 0 unspecified atom stereocenters. The molecule has 1 aliphatic heterocycles. The van der Waals surface area contributed by atoms with Crippen molar-refractivity contribution < 1.29 is 14.3 Å². The maximum absolute atomic E-state index is 13.1. The molecule has 0 bridgehead atoms. The highest BCUT2D eigenvalue weighted by Crippen LogP contribution is 2.34. The number of carbonyl (C=O) groups excluding carboxylic acids is 1. The molecule has 3 heterocycles. The summed E-state index contributed by atoms with van der Waals surface area (Å²) in [5.41, 5.74) is 1.57. The van der Waals surface area contributed by atoms with Gasteiger partial charge in [-0.1, -0.05) is 0 Å². The van der Waals surface area contributed by atoms with E-state index in [-0.39, 0.29) is 18.0 Å². The van der Waals surface area contributed by atoms with Gasteiger partial charge in [-0.05, 0) is 43.5 Å². The molecule has 1 aromatic carbocycles. The van der Waals surface area contributed by atoms with Crippen LogP contribution in [0.1, 0.15) is 25.0 Å². The van der Waals surface area contributed by atoms with Crippen LogP contribution in [0.25, 0.3) is 11.2 Å². The van der Waals surface area contributed by atoms with Crippen LogP contribution in [0.4, 0.5) is 0 Å². The zero-order valence-corrected chi connectivity index (χ0v) is 18.8. The highest BCUT2D eigenvalue weighted by Gasteiger charge is 2.25. The number of aromatic nitrogens is 4. The second-order valence-electron chi connectivity index (χ2n) is 7.76. The number of benzene rings is 1. The van der Waals surface area contributed by atoms with Crippen molar-refractivity contribution in [2.24, 2.45) is 14.1 Å². The number of nitrogens with zero attached hydrogens (tertiary/aromatic N) is 5. The van der Waals surface area contributed by atoms with E-state index in [1.165, 1.54) is 10.9 Å². The number of ether oxygens (including phenoxy) is 2. The van der Waals surface area contributed by atoms with Crippen LogP contribution in [0.5, 0.6) is 11.5 Å². The Hall–Kier alpha value is -3.56. The molecule has 10 nitrogen and oxygen atoms in total. The fourth-order valence-corrected chi connectivity index (χ4v) is 4.08. The molecule has 1 amide bonds. The third-order valence-corrected chi connectivity index (χ3v) is 5.72. The first-order valence-corrected chi connectivity index (χ1v) is 10.7. The molecule has 4 rings (SSSR count). The average molecular weight is 441 g/mol. The number of carbonyl (C=O) groups is 1. The van der Waals surface area contributed by atoms with Gasteiger partial charge in [0.1, 0.15) is 6.54 Å². The van der Waals surface area contributed by atoms with E-state index in [0.717, 1.165) is 15.7 Å². The molecule has 0 saturated heterocycles. The van der Waals surface area contributed by atoms with Crippen molar-refractivity contribution in [1.82, 2.24) is 23.6 Å². The van der Waals surface area contributed by atoms with Crippen LogP contribution in [-0.2, 0) is 38.4 Å². The molecule has 0 saturated carbocycles. The molecule has 0 spiro atoms. The third-order valence-electron chi connectivity index (χ3n) is 5.72. The van der Waals surface area contributed by atoms with Crippen LogP contribution in [0, 0.1) is 0 Å². The van der Waals surface area contributed by atoms with Crippen molar-refractivity contribution in [2.45, 2.75) is 33.4 Å². The van der Waals surface area contributed by atoms with E-state index in [1.807, 2.05) is 26.0 Å². The van der Waals surface area contributed by atoms with Gasteiger partial charge < -0.3 is 18.9 Å². The summed E-state index contributed by atoms with van der Waals surface area (Å²) in [6.07, 6.45) is 2.13. The first kappa shape index (κ1) is 21.7. The SMILES string of the molecule is CCOc1cc2c(cc1OCC)CN(C(=O)Cn1c(=O)c3c(ncn3C)n(C)c1=O)CC2. The van der Waals surface area contributed by atoms with Gasteiger partial charge in [-0.2, -0.15) is 0 Å². The van der Waals surface area contributed by atoms with Crippen LogP contribution in [0.2, 0.25) is 0 Å². The Labute approximate surface area is 184 Å². The number of imidazole rings is 1. The lowest BCUT2D eigenvalue weighted by Crippen LogP contribution is -2.45. The molecule has 0 aliphatic carbocycles. The fraction of sp³-hybridized carbons (Fsp3) is 0.455. The first-order chi connectivity index (χ1) is 15.3. The minimum Gasteiger partial charge on any atom is -0.490 e. The summed E-state index contributed by atoms with van der Waals surface area (Å²) >= 11 is 0. The summed E-state index contributed by atoms with van der Waals surface area (Å²) in [7, 11) is 3.22. The third kappa shape index (κ3) is 3.65. The lowest BCUT2D eigenvalue weighted by molar-refractivity contribution is -0.132. The van der Waals surface area contributed by atoms with Crippen LogP contribution >= 0.6 is 0 Å². The van der Waals surface area contributed by atoms with Crippen molar-refractivity contribution in [3.8, 4) is 11.5 Å². The summed E-state index contributed by atoms with van der Waals surface area (Å²) in [6, 6.07) is 3.89. The van der Waals surface area contributed by atoms with E-state index >= 15 is 0 Å². The van der Waals surface area contributed by atoms with E-state index in [1.54, 1.807) is 23.6 Å². The lowest BCUT2D eigenvalue weighted by atomic mass is 9.98. The van der Waals surface area contributed by atoms with Crippen LogP contribution < -0.4 is 20.7 Å². The van der Waals surface area contributed by atoms with E-state index in [9.17, 15) is 14.4 Å². The summed E-state index contributed by atoms with van der Waals surface area (Å²) < 4.78 is 15.2. The topological polar surface area (TPSA) is 101 Å². The van der Waals surface area contributed by atoms with Crippen molar-refractivity contribution in [2.75, 3.05) is 19.8 Å². The highest BCUT2D eigenvalue weighted by atomic mass is 16.5. The Balaban J connectivity index is 1.62. The van der Waals surface area contributed by atoms with Gasteiger partial charge in [-0.15, -0.1) is 0 Å². The zero-order chi connectivity index (χ0) is 23.0. The van der Waals surface area contributed by atoms with Gasteiger partial charge in [-0.3, -0.25) is 14.2 Å². The Morgan fingerprint density at radius 2 is 1.72 bits per heavy atom. The molecule has 0 atom stereocenters. The predicted octanol–water partition coefficient (Wildman–Crippen LogP) is 0.816. The molecule has 0 radical (unpaired) electrons. The Morgan fingerprint density at radius 1 is 1.06 bits per heavy atom. The van der Waals surface area contributed by atoms with Gasteiger partial charge in [0.2, 0.25) is 5.91 Å². The fourth-order valence-electron chi connectivity index (χ4n) is 4.08. The monoisotopic (exact) mass is 441 g/mol. The molecule has 2 aromatic heterocycles. The van der Waals surface area contributed by atoms with Crippen molar-refractivity contribution in [3.63, 3.8) is 0 Å². The smallest absolute Gasteiger partial charge is 0.332 e. The molecule has 0 fully saturated rings. The van der Waals surface area contributed by atoms with Gasteiger partial charge in [0.15, 0.2) is 22.7 Å². The quantitative estimate of drug-likeness (QED) is 0.561. The van der Waals surface area contributed by atoms with E-state index < -0.39 is 11.2 Å². The molecule has 10 heteroatoms. The molecule has 170 valence electrons. The van der Waals surface area contributed by atoms with Gasteiger partial charge in [0, 0.05) is 27.2 Å². The second-order valence-corrected chi connectivity index (χ2v) is 7.76. The highest BCUT2D eigenvalue weighted by molar-refractivity contribution is 5.77. The standard InChI is InChI=1S/C22H27N5O5/c1-5-31-16-9-14-7-8-26(11-15(14)10-17(16)32-6-2)18(28)12-27-21(29)19-20(23-13-24(19)3)25(4)22(27)30/h9-10,13H,5-8,11-12H2,1-4H3. The second kappa shape index (κ2) is 8.52. The summed E-state index contributed by atoms with van der Waals surface area (Å²) in [5, 5.41) is 0. The zero-order valence-electron chi connectivity index (χ0n) is 18.8. The van der Waals surface area contributed by atoms with Gasteiger partial charge in [-0.25, -0.2) is 14.3 Å². The van der Waals surface area contributed by atoms with Crippen LogP contribution in [0.15, 0.2) is 28.0 Å². The molecular formula is C22H27N5O5. The first-order valence-electron chi connectivity index (χ1n) is 10.7. The molecule has 1 aliphatic rings. The molecular weight excluding hydrogens is 414 g/mol. The number of amides is 1. The average Bonchev–Trinajstić information content (AvgIpc) is 3.17. The van der Waals surface area contributed by atoms with Crippen LogP contribution in [-0.4, -0.2) is 49.3 Å². The van der Waals surface area contributed by atoms with E-state index in [2.05, 4.69) is 4.98 Å². The molecule has 0 N–H and O–H groups in total.